The van der Waals surface area contributed by atoms with E-state index >= 15 is 0 Å². The van der Waals surface area contributed by atoms with Crippen LogP contribution in [-0.4, -0.2) is 35.4 Å². The Morgan fingerprint density at radius 2 is 2.00 bits per heavy atom. The highest BCUT2D eigenvalue weighted by Crippen LogP contribution is 2.37. The van der Waals surface area contributed by atoms with Crippen molar-refractivity contribution in [2.24, 2.45) is 12.2 Å². The van der Waals surface area contributed by atoms with Crippen LogP contribution in [0.3, 0.4) is 0 Å². The van der Waals surface area contributed by atoms with Crippen molar-refractivity contribution in [1.29, 1.82) is 0 Å². The zero-order valence-electron chi connectivity index (χ0n) is 14.3. The number of aromatic nitrogens is 2. The number of hydrogen-bond acceptors (Lipinski definition) is 6. The Balaban J connectivity index is 2.43. The van der Waals surface area contributed by atoms with Gasteiger partial charge >= 0.3 is 6.18 Å². The lowest BCUT2D eigenvalue weighted by atomic mass is 10.1. The van der Waals surface area contributed by atoms with E-state index in [9.17, 15) is 21.6 Å². The Bertz CT molecular complexity index is 782. The molecule has 0 saturated heterocycles. The first-order valence-electron chi connectivity index (χ1n) is 7.61. The zero-order chi connectivity index (χ0) is 19.0. The molecule has 0 N–H and O–H groups in total. The average molecular weight is 383 g/mol. The monoisotopic (exact) mass is 383 g/mol. The first-order chi connectivity index (χ1) is 11.4. The van der Waals surface area contributed by atoms with Crippen molar-refractivity contribution in [3.8, 4) is 5.88 Å². The van der Waals surface area contributed by atoms with Gasteiger partial charge in [0.15, 0.2) is 20.6 Å². The first kappa shape index (κ1) is 19.5. The lowest BCUT2D eigenvalue weighted by Crippen LogP contribution is -2.24. The predicted octanol–water partition coefficient (Wildman–Crippen LogP) is 2.65. The van der Waals surface area contributed by atoms with Gasteiger partial charge in [0.25, 0.3) is 0 Å². The predicted molar refractivity (Wildman–Crippen MR) is 83.8 cm³/mol. The molecule has 1 aliphatic rings. The topological polar surface area (TPSA) is 82.8 Å². The summed E-state index contributed by atoms with van der Waals surface area (Å²) in [6, 6.07) is 0. The van der Waals surface area contributed by atoms with Crippen molar-refractivity contribution in [3.05, 3.63) is 11.3 Å². The van der Waals surface area contributed by atoms with Gasteiger partial charge in [-0.25, -0.2) is 13.1 Å². The van der Waals surface area contributed by atoms with E-state index in [1.807, 2.05) is 0 Å². The fraction of sp³-hybridized carbons (Fsp3) is 0.714. The standard InChI is InChI=1S/C14H20F3N3O4S/c1-5-6-23-12-9(11(14(15,16)17)18-20(12)4)8-25(21,22)10-7-13(2,3)24-19-10/h5-8H2,1-4H3. The van der Waals surface area contributed by atoms with Crippen molar-refractivity contribution < 1.29 is 31.2 Å². The number of oxime groups is 1. The molecule has 1 aromatic heterocycles. The molecule has 0 bridgehead atoms. The molecule has 0 aliphatic carbocycles. The molecule has 142 valence electrons. The Labute approximate surface area is 143 Å². The van der Waals surface area contributed by atoms with E-state index in [0.717, 1.165) is 4.68 Å². The molecule has 2 heterocycles. The van der Waals surface area contributed by atoms with Crippen LogP contribution in [0, 0.1) is 0 Å². The SMILES string of the molecule is CCCOc1c(CS(=O)(=O)C2=NOC(C)(C)C2)c(C(F)(F)F)nn1C. The zero-order valence-corrected chi connectivity index (χ0v) is 15.2. The van der Waals surface area contributed by atoms with E-state index in [1.54, 1.807) is 20.8 Å². The van der Waals surface area contributed by atoms with Crippen molar-refractivity contribution in [1.82, 2.24) is 9.78 Å². The number of aryl methyl sites for hydroxylation is 1. The molecule has 0 atom stereocenters. The fourth-order valence-corrected chi connectivity index (χ4v) is 3.86. The molecule has 0 radical (unpaired) electrons. The molecule has 2 rings (SSSR count). The molecule has 0 fully saturated rings. The van der Waals surface area contributed by atoms with Crippen molar-refractivity contribution in [3.63, 3.8) is 0 Å². The van der Waals surface area contributed by atoms with Crippen LogP contribution in [0.5, 0.6) is 5.88 Å². The minimum Gasteiger partial charge on any atom is -0.478 e. The van der Waals surface area contributed by atoms with Crippen LogP contribution in [0.4, 0.5) is 13.2 Å². The van der Waals surface area contributed by atoms with Crippen LogP contribution in [0.1, 0.15) is 44.9 Å². The first-order valence-corrected chi connectivity index (χ1v) is 9.26. The van der Waals surface area contributed by atoms with Crippen LogP contribution >= 0.6 is 0 Å². The van der Waals surface area contributed by atoms with Crippen LogP contribution in [0.25, 0.3) is 0 Å². The number of nitrogens with zero attached hydrogens (tertiary/aromatic N) is 3. The number of ether oxygens (including phenoxy) is 1. The van der Waals surface area contributed by atoms with Gasteiger partial charge < -0.3 is 9.57 Å². The number of alkyl halides is 3. The fourth-order valence-electron chi connectivity index (χ4n) is 2.33. The smallest absolute Gasteiger partial charge is 0.435 e. The van der Waals surface area contributed by atoms with E-state index in [1.165, 1.54) is 7.05 Å². The Morgan fingerprint density at radius 3 is 2.48 bits per heavy atom. The van der Waals surface area contributed by atoms with Gasteiger partial charge in [-0.3, -0.25) is 0 Å². The third kappa shape index (κ3) is 4.25. The van der Waals surface area contributed by atoms with Gasteiger partial charge in [0.2, 0.25) is 5.88 Å². The molecule has 25 heavy (non-hydrogen) atoms. The van der Waals surface area contributed by atoms with Gasteiger partial charge in [-0.2, -0.15) is 18.3 Å². The summed E-state index contributed by atoms with van der Waals surface area (Å²) in [7, 11) is -2.84. The summed E-state index contributed by atoms with van der Waals surface area (Å²) in [4.78, 5) is 5.01. The number of sulfone groups is 1. The van der Waals surface area contributed by atoms with E-state index in [0.29, 0.717) is 6.42 Å². The maximum Gasteiger partial charge on any atom is 0.435 e. The molecule has 1 aliphatic heterocycles. The van der Waals surface area contributed by atoms with E-state index in [2.05, 4.69) is 10.3 Å². The highest BCUT2D eigenvalue weighted by molar-refractivity contribution is 8.05. The van der Waals surface area contributed by atoms with Crippen molar-refractivity contribution >= 4 is 14.9 Å². The molecule has 11 heteroatoms. The van der Waals surface area contributed by atoms with E-state index in [-0.39, 0.29) is 24.0 Å². The molecule has 0 spiro atoms. The van der Waals surface area contributed by atoms with E-state index < -0.39 is 38.6 Å². The van der Waals surface area contributed by atoms with Crippen LogP contribution in [0.15, 0.2) is 5.16 Å². The third-order valence-electron chi connectivity index (χ3n) is 3.46. The largest absolute Gasteiger partial charge is 0.478 e. The van der Waals surface area contributed by atoms with Gasteiger partial charge in [-0.1, -0.05) is 12.1 Å². The Hall–Kier alpha value is -1.78. The van der Waals surface area contributed by atoms with Crippen molar-refractivity contribution in [2.75, 3.05) is 6.61 Å². The lowest BCUT2D eigenvalue weighted by Gasteiger charge is -2.13. The van der Waals surface area contributed by atoms with Crippen LogP contribution < -0.4 is 4.74 Å². The number of halogens is 3. The summed E-state index contributed by atoms with van der Waals surface area (Å²) in [6.45, 7) is 5.20. The highest BCUT2D eigenvalue weighted by Gasteiger charge is 2.43. The van der Waals surface area contributed by atoms with E-state index in [4.69, 9.17) is 9.57 Å². The maximum absolute atomic E-state index is 13.3. The highest BCUT2D eigenvalue weighted by atomic mass is 32.2. The minimum absolute atomic E-state index is 0.0118. The second-order valence-electron chi connectivity index (χ2n) is 6.37. The minimum atomic E-state index is -4.80. The third-order valence-corrected chi connectivity index (χ3v) is 5.07. The lowest BCUT2D eigenvalue weighted by molar-refractivity contribution is -0.141. The van der Waals surface area contributed by atoms with Crippen LogP contribution in [-0.2, 0) is 33.7 Å². The molecular formula is C14H20F3N3O4S. The molecule has 0 unspecified atom stereocenters. The average Bonchev–Trinajstić information content (AvgIpc) is 2.97. The summed E-state index contributed by atoms with van der Waals surface area (Å²) >= 11 is 0. The molecule has 1 aromatic rings. The molecule has 0 saturated carbocycles. The second-order valence-corrected chi connectivity index (χ2v) is 8.36. The Kier molecular flexibility index (Phi) is 5.08. The number of hydrogen-bond donors (Lipinski definition) is 0. The quantitative estimate of drug-likeness (QED) is 0.781. The summed E-state index contributed by atoms with van der Waals surface area (Å²) in [5.41, 5.74) is -2.61. The normalized spacial score (nSPS) is 17.3. The van der Waals surface area contributed by atoms with Gasteiger partial charge in [-0.15, -0.1) is 0 Å². The second kappa shape index (κ2) is 6.50. The van der Waals surface area contributed by atoms with Gasteiger partial charge in [0.05, 0.1) is 17.9 Å². The van der Waals surface area contributed by atoms with Gasteiger partial charge in [-0.05, 0) is 20.3 Å². The Morgan fingerprint density at radius 1 is 1.36 bits per heavy atom. The van der Waals surface area contributed by atoms with Crippen LogP contribution in [0.2, 0.25) is 0 Å². The molecule has 7 nitrogen and oxygen atoms in total. The maximum atomic E-state index is 13.3. The van der Waals surface area contributed by atoms with Gasteiger partial charge in [0, 0.05) is 13.5 Å². The summed E-state index contributed by atoms with van der Waals surface area (Å²) in [5, 5.41) is 6.65. The molecular weight excluding hydrogens is 363 g/mol. The van der Waals surface area contributed by atoms with Gasteiger partial charge in [0.1, 0.15) is 5.60 Å². The summed E-state index contributed by atoms with van der Waals surface area (Å²) in [6.07, 6.45) is -4.26. The molecule has 0 aromatic carbocycles. The number of rotatable bonds is 5. The summed E-state index contributed by atoms with van der Waals surface area (Å²) < 4.78 is 71.1. The summed E-state index contributed by atoms with van der Waals surface area (Å²) in [5.74, 6) is -1.12. The van der Waals surface area contributed by atoms with Crippen molar-refractivity contribution in [2.45, 2.75) is 51.1 Å². The molecule has 0 amide bonds.